The molecular formula is C28H24ClN3O3. The van der Waals surface area contributed by atoms with E-state index in [9.17, 15) is 4.79 Å². The summed E-state index contributed by atoms with van der Waals surface area (Å²) in [5, 5.41) is 9.29. The summed E-state index contributed by atoms with van der Waals surface area (Å²) in [5.74, 6) is 0.755. The first kappa shape index (κ1) is 22.7. The third-order valence-corrected chi connectivity index (χ3v) is 6.44. The molecule has 3 aromatic carbocycles. The summed E-state index contributed by atoms with van der Waals surface area (Å²) in [4.78, 5) is 13.1. The monoisotopic (exact) mass is 485 g/mol. The molecule has 2 aromatic heterocycles. The van der Waals surface area contributed by atoms with Crippen molar-refractivity contribution in [1.82, 2.24) is 15.1 Å². The average Bonchev–Trinajstić information content (AvgIpc) is 3.45. The number of ether oxygens (including phenoxy) is 1. The highest BCUT2D eigenvalue weighted by atomic mass is 35.5. The van der Waals surface area contributed by atoms with Gasteiger partial charge >= 0.3 is 0 Å². The van der Waals surface area contributed by atoms with Gasteiger partial charge in [-0.2, -0.15) is 5.10 Å². The molecule has 0 saturated carbocycles. The minimum atomic E-state index is -0.291. The number of aryl methyl sites for hydroxylation is 2. The Hall–Kier alpha value is -4.03. The van der Waals surface area contributed by atoms with Crippen molar-refractivity contribution in [2.45, 2.75) is 20.4 Å². The van der Waals surface area contributed by atoms with Crippen molar-refractivity contribution in [3.05, 3.63) is 100 Å². The fourth-order valence-electron chi connectivity index (χ4n) is 4.06. The predicted octanol–water partition coefficient (Wildman–Crippen LogP) is 6.49. The van der Waals surface area contributed by atoms with Gasteiger partial charge in [0.25, 0.3) is 5.91 Å². The Balaban J connectivity index is 1.46. The molecule has 0 saturated heterocycles. The minimum Gasteiger partial charge on any atom is -0.497 e. The fourth-order valence-corrected chi connectivity index (χ4v) is 4.22. The number of amides is 1. The van der Waals surface area contributed by atoms with Crippen LogP contribution in [-0.4, -0.2) is 22.8 Å². The van der Waals surface area contributed by atoms with Crippen molar-refractivity contribution in [2.75, 3.05) is 7.11 Å². The van der Waals surface area contributed by atoms with Gasteiger partial charge in [-0.05, 0) is 67.9 Å². The van der Waals surface area contributed by atoms with E-state index in [1.54, 1.807) is 7.11 Å². The van der Waals surface area contributed by atoms with E-state index in [0.717, 1.165) is 44.8 Å². The highest BCUT2D eigenvalue weighted by Gasteiger charge is 2.20. The van der Waals surface area contributed by atoms with Gasteiger partial charge < -0.3 is 14.5 Å². The Morgan fingerprint density at radius 3 is 2.54 bits per heavy atom. The number of furan rings is 1. The number of rotatable bonds is 6. The first-order valence-corrected chi connectivity index (χ1v) is 11.6. The molecule has 0 aliphatic rings. The number of para-hydroxylation sites is 1. The molecule has 0 fully saturated rings. The standard InChI is InChI=1S/C28H24ClN3O3/c1-17-13-25-23(14-24(17)29)18(2)27(35-25)28(33)30-15-20-16-32(21-7-5-4-6-8-21)31-26(20)19-9-11-22(34-3)12-10-19/h4-14,16H,15H2,1-3H3,(H,30,33). The van der Waals surface area contributed by atoms with Gasteiger partial charge in [-0.15, -0.1) is 0 Å². The Bertz CT molecular complexity index is 1520. The molecule has 0 unspecified atom stereocenters. The number of fused-ring (bicyclic) bond motifs is 1. The van der Waals surface area contributed by atoms with Gasteiger partial charge in [-0.25, -0.2) is 4.68 Å². The summed E-state index contributed by atoms with van der Waals surface area (Å²) >= 11 is 6.28. The smallest absolute Gasteiger partial charge is 0.287 e. The van der Waals surface area contributed by atoms with E-state index in [-0.39, 0.29) is 18.2 Å². The van der Waals surface area contributed by atoms with Crippen LogP contribution in [0.3, 0.4) is 0 Å². The zero-order chi connectivity index (χ0) is 24.5. The molecule has 0 aliphatic carbocycles. The molecule has 0 bridgehead atoms. The van der Waals surface area contributed by atoms with Gasteiger partial charge in [0, 0.05) is 39.8 Å². The molecule has 0 radical (unpaired) electrons. The van der Waals surface area contributed by atoms with Crippen LogP contribution in [-0.2, 0) is 6.54 Å². The number of hydrogen-bond donors (Lipinski definition) is 1. The lowest BCUT2D eigenvalue weighted by molar-refractivity contribution is 0.0924. The van der Waals surface area contributed by atoms with Crippen molar-refractivity contribution in [3.8, 4) is 22.7 Å². The van der Waals surface area contributed by atoms with Crippen molar-refractivity contribution >= 4 is 28.5 Å². The van der Waals surface area contributed by atoms with Gasteiger partial charge in [0.1, 0.15) is 11.3 Å². The van der Waals surface area contributed by atoms with E-state index in [2.05, 4.69) is 5.32 Å². The zero-order valence-corrected chi connectivity index (χ0v) is 20.4. The summed E-state index contributed by atoms with van der Waals surface area (Å²) in [5.41, 5.74) is 5.81. The van der Waals surface area contributed by atoms with Gasteiger partial charge in [0.15, 0.2) is 5.76 Å². The lowest BCUT2D eigenvalue weighted by atomic mass is 10.1. The van der Waals surface area contributed by atoms with E-state index in [4.69, 9.17) is 25.9 Å². The summed E-state index contributed by atoms with van der Waals surface area (Å²) in [6, 6.07) is 21.2. The van der Waals surface area contributed by atoms with Crippen LogP contribution in [0, 0.1) is 13.8 Å². The van der Waals surface area contributed by atoms with Crippen LogP contribution < -0.4 is 10.1 Å². The molecule has 6 nitrogen and oxygen atoms in total. The molecule has 1 amide bonds. The molecule has 0 aliphatic heterocycles. The topological polar surface area (TPSA) is 69.3 Å². The Kier molecular flexibility index (Phi) is 6.05. The van der Waals surface area contributed by atoms with Gasteiger partial charge in [-0.3, -0.25) is 4.79 Å². The average molecular weight is 486 g/mol. The summed E-state index contributed by atoms with van der Waals surface area (Å²) < 4.78 is 13.0. The van der Waals surface area contributed by atoms with Crippen LogP contribution in [0.4, 0.5) is 0 Å². The molecule has 0 atom stereocenters. The number of hydrogen-bond acceptors (Lipinski definition) is 4. The summed E-state index contributed by atoms with van der Waals surface area (Å²) in [7, 11) is 1.63. The zero-order valence-electron chi connectivity index (χ0n) is 19.6. The fraction of sp³-hybridized carbons (Fsp3) is 0.143. The number of halogens is 1. The number of nitrogens with one attached hydrogen (secondary N) is 1. The van der Waals surface area contributed by atoms with E-state index in [1.165, 1.54) is 0 Å². The molecule has 176 valence electrons. The maximum Gasteiger partial charge on any atom is 0.287 e. The van der Waals surface area contributed by atoms with E-state index in [1.807, 2.05) is 91.5 Å². The van der Waals surface area contributed by atoms with Gasteiger partial charge in [0.2, 0.25) is 0 Å². The maximum atomic E-state index is 13.1. The van der Waals surface area contributed by atoms with Crippen molar-refractivity contribution in [1.29, 1.82) is 0 Å². The maximum absolute atomic E-state index is 13.1. The summed E-state index contributed by atoms with van der Waals surface area (Å²) in [6.07, 6.45) is 1.93. The van der Waals surface area contributed by atoms with E-state index in [0.29, 0.717) is 10.6 Å². The van der Waals surface area contributed by atoms with Crippen LogP contribution in [0.1, 0.15) is 27.2 Å². The second kappa shape index (κ2) is 9.31. The predicted molar refractivity (Wildman–Crippen MR) is 137 cm³/mol. The van der Waals surface area contributed by atoms with Crippen LogP contribution in [0.25, 0.3) is 27.9 Å². The van der Waals surface area contributed by atoms with E-state index >= 15 is 0 Å². The number of carbonyl (C=O) groups is 1. The van der Waals surface area contributed by atoms with Crippen molar-refractivity contribution < 1.29 is 13.9 Å². The number of methoxy groups -OCH3 is 1. The Labute approximate surface area is 208 Å². The van der Waals surface area contributed by atoms with Crippen LogP contribution >= 0.6 is 11.6 Å². The van der Waals surface area contributed by atoms with Gasteiger partial charge in [0.05, 0.1) is 18.5 Å². The molecule has 35 heavy (non-hydrogen) atoms. The number of benzene rings is 3. The molecular weight excluding hydrogens is 462 g/mol. The highest BCUT2D eigenvalue weighted by molar-refractivity contribution is 6.32. The lowest BCUT2D eigenvalue weighted by Gasteiger charge is -2.06. The van der Waals surface area contributed by atoms with Crippen LogP contribution in [0.15, 0.2) is 77.3 Å². The van der Waals surface area contributed by atoms with Crippen LogP contribution in [0.2, 0.25) is 5.02 Å². The van der Waals surface area contributed by atoms with Crippen LogP contribution in [0.5, 0.6) is 5.75 Å². The molecule has 0 spiro atoms. The third-order valence-electron chi connectivity index (χ3n) is 6.04. The van der Waals surface area contributed by atoms with Crippen molar-refractivity contribution in [2.24, 2.45) is 0 Å². The molecule has 1 N–H and O–H groups in total. The number of carbonyl (C=O) groups excluding carboxylic acids is 1. The first-order valence-electron chi connectivity index (χ1n) is 11.2. The second-order valence-corrected chi connectivity index (χ2v) is 8.76. The minimum absolute atomic E-state index is 0.281. The number of nitrogens with zero attached hydrogens (tertiary/aromatic N) is 2. The largest absolute Gasteiger partial charge is 0.497 e. The Morgan fingerprint density at radius 1 is 1.09 bits per heavy atom. The quantitative estimate of drug-likeness (QED) is 0.298. The molecule has 7 heteroatoms. The Morgan fingerprint density at radius 2 is 1.83 bits per heavy atom. The third kappa shape index (κ3) is 4.40. The highest BCUT2D eigenvalue weighted by Crippen LogP contribution is 2.31. The van der Waals surface area contributed by atoms with E-state index < -0.39 is 0 Å². The SMILES string of the molecule is COc1ccc(-c2nn(-c3ccccc3)cc2CNC(=O)c2oc3cc(C)c(Cl)cc3c2C)cc1. The number of aromatic nitrogens is 2. The first-order chi connectivity index (χ1) is 16.9. The normalized spacial score (nSPS) is 11.1. The summed E-state index contributed by atoms with van der Waals surface area (Å²) in [6.45, 7) is 4.05. The molecule has 5 aromatic rings. The molecule has 2 heterocycles. The molecule has 5 rings (SSSR count). The lowest BCUT2D eigenvalue weighted by Crippen LogP contribution is -2.23. The van der Waals surface area contributed by atoms with Gasteiger partial charge in [-0.1, -0.05) is 29.8 Å². The second-order valence-electron chi connectivity index (χ2n) is 8.35. The van der Waals surface area contributed by atoms with Crippen molar-refractivity contribution in [3.63, 3.8) is 0 Å².